The Balaban J connectivity index is 2.16. The molecule has 1 saturated heterocycles. The average Bonchev–Trinajstić information content (AvgIpc) is 2.35. The molecular weight excluding hydrogens is 259 g/mol. The summed E-state index contributed by atoms with van der Waals surface area (Å²) in [5, 5.41) is -0.0636. The molecule has 0 N–H and O–H groups in total. The fraction of sp³-hybridized carbons (Fsp3) is 0.600. The largest absolute Gasteiger partial charge is 0.311 e. The van der Waals surface area contributed by atoms with Crippen LogP contribution in [0.5, 0.6) is 0 Å². The van der Waals surface area contributed by atoms with Crippen molar-refractivity contribution >= 4 is 17.7 Å². The molecule has 100 valence electrons. The third-order valence-electron chi connectivity index (χ3n) is 4.89. The van der Waals surface area contributed by atoms with Gasteiger partial charge in [0.2, 0.25) is 0 Å². The predicted octanol–water partition coefficient (Wildman–Crippen LogP) is 5.40. The monoisotopic (exact) mass is 282 g/mol. The van der Waals surface area contributed by atoms with Crippen molar-refractivity contribution in [2.45, 2.75) is 50.7 Å². The fourth-order valence-electron chi connectivity index (χ4n) is 3.12. The van der Waals surface area contributed by atoms with E-state index in [1.54, 1.807) is 11.4 Å². The molecule has 0 radical (unpaired) electrons. The maximum Gasteiger partial charge on any atom is 0.150 e. The van der Waals surface area contributed by atoms with Gasteiger partial charge in [-0.3, -0.25) is 0 Å². The molecule has 1 aliphatic heterocycles. The summed E-state index contributed by atoms with van der Waals surface area (Å²) < 4.78 is 13.3. The summed E-state index contributed by atoms with van der Waals surface area (Å²) in [6.45, 7) is 10.9. The van der Waals surface area contributed by atoms with Crippen molar-refractivity contribution in [3.05, 3.63) is 35.9 Å². The van der Waals surface area contributed by atoms with Gasteiger partial charge in [-0.15, -0.1) is 0 Å². The highest BCUT2D eigenvalue weighted by molar-refractivity contribution is 8.59. The van der Waals surface area contributed by atoms with Crippen molar-refractivity contribution in [1.29, 1.82) is 0 Å². The lowest BCUT2D eigenvalue weighted by atomic mass is 9.83. The van der Waals surface area contributed by atoms with Crippen LogP contribution < -0.4 is 0 Å². The second-order valence-electron chi connectivity index (χ2n) is 6.34. The maximum atomic E-state index is 13.3. The number of benzene rings is 1. The molecule has 0 amide bonds. The third-order valence-corrected chi connectivity index (χ3v) is 13.8. The van der Waals surface area contributed by atoms with E-state index in [1.807, 2.05) is 18.2 Å². The lowest BCUT2D eigenvalue weighted by Gasteiger charge is -2.62. The van der Waals surface area contributed by atoms with E-state index in [-0.39, 0.29) is 10.3 Å². The molecule has 1 aliphatic rings. The van der Waals surface area contributed by atoms with E-state index >= 15 is 0 Å². The Morgan fingerprint density at radius 3 is 2.11 bits per heavy atom. The van der Waals surface area contributed by atoms with Crippen molar-refractivity contribution in [3.8, 4) is 0 Å². The molecule has 0 unspecified atom stereocenters. The highest BCUT2D eigenvalue weighted by Gasteiger charge is 2.68. The molecule has 0 aliphatic carbocycles. The van der Waals surface area contributed by atoms with Gasteiger partial charge in [-0.1, -0.05) is 76.3 Å². The normalized spacial score (nSPS) is 32.8. The Labute approximate surface area is 115 Å². The number of hydrogen-bond acceptors (Lipinski definition) is 2. The Morgan fingerprint density at radius 1 is 1.11 bits per heavy atom. The highest BCUT2D eigenvalue weighted by atomic mass is 32.7. The summed E-state index contributed by atoms with van der Waals surface area (Å²) in [5.41, 5.74) is 1.27. The quantitative estimate of drug-likeness (QED) is 0.690. The molecule has 18 heavy (non-hydrogen) atoms. The zero-order valence-electron chi connectivity index (χ0n) is 11.9. The SMILES string of the molecule is CC1C(C)(C)P(=O)(SCc2ccccc2)C1(C)C. The van der Waals surface area contributed by atoms with Crippen LogP contribution in [-0.4, -0.2) is 10.3 Å². The van der Waals surface area contributed by atoms with Gasteiger partial charge >= 0.3 is 0 Å². The molecule has 0 bridgehead atoms. The molecule has 0 aromatic heterocycles. The first-order valence-electron chi connectivity index (χ1n) is 6.52. The van der Waals surface area contributed by atoms with Crippen LogP contribution in [-0.2, 0) is 10.3 Å². The molecule has 1 heterocycles. The van der Waals surface area contributed by atoms with Gasteiger partial charge in [0.05, 0.1) is 0 Å². The van der Waals surface area contributed by atoms with E-state index in [1.165, 1.54) is 5.56 Å². The standard InChI is InChI=1S/C15H23OPS/c1-12-14(2,3)17(16,15(12,4)5)18-11-13-9-7-6-8-10-13/h6-10,12H,11H2,1-5H3. The summed E-state index contributed by atoms with van der Waals surface area (Å²) in [4.78, 5) is 0. The minimum atomic E-state index is -2.20. The molecule has 1 nitrogen and oxygen atoms in total. The van der Waals surface area contributed by atoms with Gasteiger partial charge < -0.3 is 4.57 Å². The van der Waals surface area contributed by atoms with Gasteiger partial charge in [0, 0.05) is 16.1 Å². The molecule has 0 spiro atoms. The van der Waals surface area contributed by atoms with E-state index in [0.29, 0.717) is 5.92 Å². The molecule has 0 atom stereocenters. The lowest BCUT2D eigenvalue weighted by molar-refractivity contribution is 0.280. The van der Waals surface area contributed by atoms with Crippen molar-refractivity contribution < 1.29 is 4.57 Å². The molecule has 1 aromatic rings. The first kappa shape index (κ1) is 14.2. The summed E-state index contributed by atoms with van der Waals surface area (Å²) in [5.74, 6) is 1.37. The number of rotatable bonds is 3. The average molecular weight is 282 g/mol. The highest BCUT2D eigenvalue weighted by Crippen LogP contribution is 2.88. The van der Waals surface area contributed by atoms with Gasteiger partial charge in [-0.2, -0.15) is 0 Å². The van der Waals surface area contributed by atoms with Gasteiger partial charge in [-0.25, -0.2) is 0 Å². The Kier molecular flexibility index (Phi) is 3.49. The van der Waals surface area contributed by atoms with Crippen molar-refractivity contribution in [2.75, 3.05) is 0 Å². The van der Waals surface area contributed by atoms with E-state index in [0.717, 1.165) is 5.75 Å². The molecule has 1 fully saturated rings. The second kappa shape index (κ2) is 4.42. The van der Waals surface area contributed by atoms with Crippen LogP contribution >= 0.6 is 17.7 Å². The van der Waals surface area contributed by atoms with Crippen LogP contribution in [0.1, 0.15) is 40.2 Å². The molecule has 2 rings (SSSR count). The van der Waals surface area contributed by atoms with Crippen LogP contribution in [0, 0.1) is 5.92 Å². The van der Waals surface area contributed by atoms with Crippen molar-refractivity contribution in [1.82, 2.24) is 0 Å². The molecule has 1 aromatic carbocycles. The second-order valence-corrected chi connectivity index (χ2v) is 12.6. The van der Waals surface area contributed by atoms with Crippen molar-refractivity contribution in [3.63, 3.8) is 0 Å². The van der Waals surface area contributed by atoms with Crippen LogP contribution in [0.4, 0.5) is 0 Å². The van der Waals surface area contributed by atoms with E-state index < -0.39 is 6.34 Å². The summed E-state index contributed by atoms with van der Waals surface area (Å²) in [6, 6.07) is 10.3. The maximum absolute atomic E-state index is 13.3. The van der Waals surface area contributed by atoms with Crippen LogP contribution in [0.3, 0.4) is 0 Å². The molecule has 0 saturated carbocycles. The summed E-state index contributed by atoms with van der Waals surface area (Å²) >= 11 is 1.69. The third kappa shape index (κ3) is 1.80. The first-order valence-corrected chi connectivity index (χ1v) is 9.82. The van der Waals surface area contributed by atoms with Crippen LogP contribution in [0.15, 0.2) is 30.3 Å². The lowest BCUT2D eigenvalue weighted by Crippen LogP contribution is -2.56. The zero-order valence-corrected chi connectivity index (χ0v) is 13.6. The van der Waals surface area contributed by atoms with E-state index in [2.05, 4.69) is 46.8 Å². The zero-order chi connectivity index (χ0) is 13.6. The fourth-order valence-corrected chi connectivity index (χ4v) is 11.2. The van der Waals surface area contributed by atoms with Gasteiger partial charge in [0.15, 0.2) is 6.34 Å². The van der Waals surface area contributed by atoms with E-state index in [9.17, 15) is 4.57 Å². The van der Waals surface area contributed by atoms with Crippen molar-refractivity contribution in [2.24, 2.45) is 5.92 Å². The molecular formula is C15H23OPS. The first-order chi connectivity index (χ1) is 8.23. The van der Waals surface area contributed by atoms with Gasteiger partial charge in [0.1, 0.15) is 0 Å². The Bertz CT molecular complexity index is 459. The smallest absolute Gasteiger partial charge is 0.150 e. The van der Waals surface area contributed by atoms with Gasteiger partial charge in [-0.05, 0) is 11.5 Å². The topological polar surface area (TPSA) is 17.1 Å². The summed E-state index contributed by atoms with van der Waals surface area (Å²) in [6.07, 6.45) is -2.20. The Hall–Kier alpha value is -0.200. The number of hydrogen-bond donors (Lipinski definition) is 0. The minimum Gasteiger partial charge on any atom is -0.311 e. The van der Waals surface area contributed by atoms with Crippen LogP contribution in [0.2, 0.25) is 0 Å². The predicted molar refractivity (Wildman–Crippen MR) is 82.7 cm³/mol. The Morgan fingerprint density at radius 2 is 1.61 bits per heavy atom. The van der Waals surface area contributed by atoms with E-state index in [4.69, 9.17) is 0 Å². The molecule has 3 heteroatoms. The minimum absolute atomic E-state index is 0.0318. The summed E-state index contributed by atoms with van der Waals surface area (Å²) in [7, 11) is 0. The van der Waals surface area contributed by atoms with Crippen LogP contribution in [0.25, 0.3) is 0 Å². The van der Waals surface area contributed by atoms with Gasteiger partial charge in [0.25, 0.3) is 0 Å².